The van der Waals surface area contributed by atoms with E-state index in [1.54, 1.807) is 24.4 Å². The van der Waals surface area contributed by atoms with Gasteiger partial charge in [0, 0.05) is 12.6 Å². The fourth-order valence-electron chi connectivity index (χ4n) is 2.96. The van der Waals surface area contributed by atoms with Crippen molar-refractivity contribution in [3.8, 4) is 5.75 Å². The van der Waals surface area contributed by atoms with Crippen LogP contribution in [-0.2, 0) is 9.84 Å². The van der Waals surface area contributed by atoms with E-state index < -0.39 is 15.2 Å². The number of methoxy groups -OCH3 is 1. The first-order chi connectivity index (χ1) is 11.4. The lowest BCUT2D eigenvalue weighted by Crippen LogP contribution is -2.36. The van der Waals surface area contributed by atoms with Crippen molar-refractivity contribution in [1.82, 2.24) is 4.98 Å². The van der Waals surface area contributed by atoms with E-state index in [0.29, 0.717) is 29.3 Å². The standard InChI is InChI=1S/C17H19ClN2O3S/c1-12-5-7-14(8-6-12)24(21,22)16-4-3-9-20(16)13-10-15(23-2)17(18)19-11-13/h5-8,10-11,16H,3-4,9H2,1-2H3. The molecule has 0 spiro atoms. The number of benzene rings is 1. The number of ether oxygens (including phenoxy) is 1. The van der Waals surface area contributed by atoms with E-state index in [4.69, 9.17) is 16.3 Å². The highest BCUT2D eigenvalue weighted by molar-refractivity contribution is 7.92. The fourth-order valence-corrected chi connectivity index (χ4v) is 5.01. The molecule has 0 N–H and O–H groups in total. The van der Waals surface area contributed by atoms with Crippen LogP contribution in [0.15, 0.2) is 41.4 Å². The highest BCUT2D eigenvalue weighted by Gasteiger charge is 2.37. The summed E-state index contributed by atoms with van der Waals surface area (Å²) in [5.41, 5.74) is 1.73. The van der Waals surface area contributed by atoms with Crippen LogP contribution in [0.3, 0.4) is 0 Å². The number of halogens is 1. The lowest BCUT2D eigenvalue weighted by molar-refractivity contribution is 0.413. The van der Waals surface area contributed by atoms with Gasteiger partial charge in [-0.15, -0.1) is 0 Å². The van der Waals surface area contributed by atoms with Crippen LogP contribution in [0.4, 0.5) is 5.69 Å². The monoisotopic (exact) mass is 366 g/mol. The van der Waals surface area contributed by atoms with Crippen LogP contribution in [0.2, 0.25) is 5.15 Å². The number of hydrogen-bond acceptors (Lipinski definition) is 5. The van der Waals surface area contributed by atoms with Crippen molar-refractivity contribution in [2.24, 2.45) is 0 Å². The first-order valence-electron chi connectivity index (χ1n) is 7.70. The fraction of sp³-hybridized carbons (Fsp3) is 0.353. The van der Waals surface area contributed by atoms with Gasteiger partial charge in [-0.1, -0.05) is 29.3 Å². The summed E-state index contributed by atoms with van der Waals surface area (Å²) in [4.78, 5) is 6.31. The summed E-state index contributed by atoms with van der Waals surface area (Å²) >= 11 is 5.97. The van der Waals surface area contributed by atoms with Crippen molar-refractivity contribution in [2.45, 2.75) is 30.0 Å². The lowest BCUT2D eigenvalue weighted by Gasteiger charge is -2.26. The molecule has 0 bridgehead atoms. The van der Waals surface area contributed by atoms with Crippen LogP contribution in [-0.4, -0.2) is 32.4 Å². The van der Waals surface area contributed by atoms with E-state index in [1.807, 2.05) is 24.0 Å². The maximum absolute atomic E-state index is 13.0. The topological polar surface area (TPSA) is 59.5 Å². The Bertz CT molecular complexity index is 837. The molecule has 7 heteroatoms. The molecule has 1 aliphatic heterocycles. The number of anilines is 1. The van der Waals surface area contributed by atoms with E-state index in [2.05, 4.69) is 4.98 Å². The van der Waals surface area contributed by atoms with Crippen LogP contribution >= 0.6 is 11.6 Å². The molecule has 1 saturated heterocycles. The van der Waals surface area contributed by atoms with Crippen molar-refractivity contribution in [1.29, 1.82) is 0 Å². The molecule has 2 heterocycles. The third kappa shape index (κ3) is 3.08. The predicted molar refractivity (Wildman–Crippen MR) is 94.5 cm³/mol. The van der Waals surface area contributed by atoms with Gasteiger partial charge in [0.15, 0.2) is 20.7 Å². The van der Waals surface area contributed by atoms with Gasteiger partial charge in [-0.3, -0.25) is 0 Å². The van der Waals surface area contributed by atoms with Crippen LogP contribution in [0.25, 0.3) is 0 Å². The van der Waals surface area contributed by atoms with Crippen molar-refractivity contribution < 1.29 is 13.2 Å². The third-order valence-electron chi connectivity index (χ3n) is 4.25. The molecule has 0 radical (unpaired) electrons. The zero-order chi connectivity index (χ0) is 17.3. The summed E-state index contributed by atoms with van der Waals surface area (Å²) in [6.45, 7) is 2.59. The third-order valence-corrected chi connectivity index (χ3v) is 6.67. The predicted octanol–water partition coefficient (Wildman–Crippen LogP) is 3.45. The molecule has 128 valence electrons. The molecule has 3 rings (SSSR count). The first kappa shape index (κ1) is 17.0. The summed E-state index contributed by atoms with van der Waals surface area (Å²) in [7, 11) is -1.95. The van der Waals surface area contributed by atoms with Crippen LogP contribution in [0.1, 0.15) is 18.4 Å². The minimum Gasteiger partial charge on any atom is -0.493 e. The summed E-state index contributed by atoms with van der Waals surface area (Å²) < 4.78 is 31.3. The largest absolute Gasteiger partial charge is 0.493 e. The molecule has 1 aromatic carbocycles. The second-order valence-corrected chi connectivity index (χ2v) is 8.30. The molecule has 2 aromatic rings. The minimum atomic E-state index is -3.46. The second kappa shape index (κ2) is 6.61. The number of aryl methyl sites for hydroxylation is 1. The van der Waals surface area contributed by atoms with Gasteiger partial charge in [0.25, 0.3) is 0 Å². The molecule has 5 nitrogen and oxygen atoms in total. The lowest BCUT2D eigenvalue weighted by atomic mass is 10.2. The molecule has 1 aromatic heterocycles. The maximum Gasteiger partial charge on any atom is 0.199 e. The van der Waals surface area contributed by atoms with Gasteiger partial charge in [0.05, 0.1) is 23.9 Å². The number of hydrogen-bond donors (Lipinski definition) is 0. The van der Waals surface area contributed by atoms with Crippen molar-refractivity contribution in [3.63, 3.8) is 0 Å². The highest BCUT2D eigenvalue weighted by Crippen LogP contribution is 2.34. The van der Waals surface area contributed by atoms with Gasteiger partial charge < -0.3 is 9.64 Å². The van der Waals surface area contributed by atoms with Gasteiger partial charge in [0.1, 0.15) is 5.37 Å². The SMILES string of the molecule is COc1cc(N2CCCC2S(=O)(=O)c2ccc(C)cc2)cnc1Cl. The molecule has 1 aliphatic rings. The summed E-state index contributed by atoms with van der Waals surface area (Å²) in [5.74, 6) is 0.438. The van der Waals surface area contributed by atoms with Crippen LogP contribution < -0.4 is 9.64 Å². The average molecular weight is 367 g/mol. The zero-order valence-electron chi connectivity index (χ0n) is 13.6. The Hall–Kier alpha value is -1.79. The highest BCUT2D eigenvalue weighted by atomic mass is 35.5. The van der Waals surface area contributed by atoms with E-state index in [1.165, 1.54) is 7.11 Å². The number of rotatable bonds is 4. The Kier molecular flexibility index (Phi) is 4.69. The van der Waals surface area contributed by atoms with E-state index >= 15 is 0 Å². The molecule has 1 fully saturated rings. The van der Waals surface area contributed by atoms with E-state index in [0.717, 1.165) is 12.0 Å². The summed E-state index contributed by atoms with van der Waals surface area (Å²) in [6.07, 6.45) is 2.98. The Morgan fingerprint density at radius 2 is 2.00 bits per heavy atom. The van der Waals surface area contributed by atoms with Gasteiger partial charge in [-0.25, -0.2) is 13.4 Å². The molecular weight excluding hydrogens is 348 g/mol. The molecule has 0 saturated carbocycles. The Morgan fingerprint density at radius 3 is 2.67 bits per heavy atom. The molecule has 0 aliphatic carbocycles. The summed E-state index contributed by atoms with van der Waals surface area (Å²) in [5, 5.41) is -0.341. The molecule has 24 heavy (non-hydrogen) atoms. The van der Waals surface area contributed by atoms with Crippen LogP contribution in [0.5, 0.6) is 5.75 Å². The van der Waals surface area contributed by atoms with Crippen molar-refractivity contribution in [3.05, 3.63) is 47.2 Å². The quantitative estimate of drug-likeness (QED) is 0.775. The summed E-state index contributed by atoms with van der Waals surface area (Å²) in [6, 6.07) is 8.71. The maximum atomic E-state index is 13.0. The number of aromatic nitrogens is 1. The molecule has 0 amide bonds. The van der Waals surface area contributed by atoms with Gasteiger partial charge in [0.2, 0.25) is 0 Å². The first-order valence-corrected chi connectivity index (χ1v) is 9.62. The molecule has 1 atom stereocenters. The van der Waals surface area contributed by atoms with Crippen molar-refractivity contribution in [2.75, 3.05) is 18.6 Å². The normalized spacial score (nSPS) is 18.0. The molecular formula is C17H19ClN2O3S. The van der Waals surface area contributed by atoms with Crippen LogP contribution in [0, 0.1) is 6.92 Å². The Morgan fingerprint density at radius 1 is 1.29 bits per heavy atom. The average Bonchev–Trinajstić information content (AvgIpc) is 3.06. The van der Waals surface area contributed by atoms with E-state index in [9.17, 15) is 8.42 Å². The molecule has 1 unspecified atom stereocenters. The minimum absolute atomic E-state index is 0.262. The van der Waals surface area contributed by atoms with E-state index in [-0.39, 0.29) is 5.15 Å². The number of sulfone groups is 1. The smallest absolute Gasteiger partial charge is 0.199 e. The number of pyridine rings is 1. The Labute approximate surface area is 147 Å². The second-order valence-electron chi connectivity index (χ2n) is 5.83. The van der Waals surface area contributed by atoms with Gasteiger partial charge in [-0.2, -0.15) is 0 Å². The van der Waals surface area contributed by atoms with Crippen molar-refractivity contribution >= 4 is 27.1 Å². The zero-order valence-corrected chi connectivity index (χ0v) is 15.1. The Balaban J connectivity index is 1.97. The van der Waals surface area contributed by atoms with Gasteiger partial charge >= 0.3 is 0 Å². The number of nitrogens with zero attached hydrogens (tertiary/aromatic N) is 2. The van der Waals surface area contributed by atoms with Gasteiger partial charge in [-0.05, 0) is 31.9 Å².